The molecule has 2 N–H and O–H groups in total. The zero-order chi connectivity index (χ0) is 22.6. The average molecular weight is 446 g/mol. The number of ether oxygens (including phenoxy) is 2. The van der Waals surface area contributed by atoms with Crippen molar-refractivity contribution in [2.45, 2.75) is 70.7 Å². The molecule has 7 heteroatoms. The molecule has 0 aliphatic carbocycles. The highest BCUT2D eigenvalue weighted by atomic mass is 32.1. The van der Waals surface area contributed by atoms with Gasteiger partial charge in [0.2, 0.25) is 0 Å². The summed E-state index contributed by atoms with van der Waals surface area (Å²) in [6.45, 7) is 10.1. The Balaban J connectivity index is 1.81. The van der Waals surface area contributed by atoms with Crippen LogP contribution < -0.4 is 20.1 Å². The lowest BCUT2D eigenvalue weighted by atomic mass is 9.80. The monoisotopic (exact) mass is 445 g/mol. The molecule has 1 saturated heterocycles. The van der Waals surface area contributed by atoms with E-state index >= 15 is 0 Å². The van der Waals surface area contributed by atoms with Gasteiger partial charge in [-0.2, -0.15) is 0 Å². The van der Waals surface area contributed by atoms with Gasteiger partial charge in [-0.05, 0) is 71.0 Å². The first-order valence-corrected chi connectivity index (χ1v) is 11.1. The van der Waals surface area contributed by atoms with E-state index in [0.29, 0.717) is 24.0 Å². The minimum absolute atomic E-state index is 0.0386. The summed E-state index contributed by atoms with van der Waals surface area (Å²) in [5.74, 6) is 2.29. The molecule has 0 unspecified atom stereocenters. The van der Waals surface area contributed by atoms with Crippen LogP contribution in [0.15, 0.2) is 41.0 Å². The van der Waals surface area contributed by atoms with Crippen molar-refractivity contribution >= 4 is 17.3 Å². The van der Waals surface area contributed by atoms with Gasteiger partial charge < -0.3 is 29.4 Å². The Bertz CT molecular complexity index is 864. The van der Waals surface area contributed by atoms with Crippen LogP contribution in [0, 0.1) is 0 Å². The Morgan fingerprint density at radius 2 is 1.81 bits per heavy atom. The molecule has 2 heterocycles. The predicted octanol–water partition coefficient (Wildman–Crippen LogP) is 4.48. The quantitative estimate of drug-likeness (QED) is 0.609. The second-order valence-corrected chi connectivity index (χ2v) is 9.92. The maximum atomic E-state index is 5.90. The lowest BCUT2D eigenvalue weighted by molar-refractivity contribution is 0.153. The van der Waals surface area contributed by atoms with Crippen molar-refractivity contribution in [2.75, 3.05) is 14.2 Å². The van der Waals surface area contributed by atoms with Crippen molar-refractivity contribution in [3.8, 4) is 11.5 Å². The molecule has 1 aliphatic heterocycles. The molecule has 2 aromatic rings. The Hall–Kier alpha value is -2.25. The lowest BCUT2D eigenvalue weighted by Crippen LogP contribution is -2.62. The maximum absolute atomic E-state index is 5.90. The van der Waals surface area contributed by atoms with E-state index in [4.69, 9.17) is 26.1 Å². The Morgan fingerprint density at radius 1 is 1.10 bits per heavy atom. The first kappa shape index (κ1) is 23.4. The fourth-order valence-electron chi connectivity index (χ4n) is 4.76. The van der Waals surface area contributed by atoms with E-state index in [2.05, 4.69) is 43.2 Å². The lowest BCUT2D eigenvalue weighted by Gasteiger charge is -2.47. The number of piperidine rings is 1. The molecule has 0 bridgehead atoms. The van der Waals surface area contributed by atoms with Crippen molar-refractivity contribution in [2.24, 2.45) is 0 Å². The molecule has 1 aromatic heterocycles. The standard InChI is InChI=1S/C24H35N3O3S/c1-23(2)13-18(14-24(3,4)26-23)25-22(31)27(16-19-10-8-12-30-19)15-17-9-7-11-20(28-5)21(17)29-6/h7-12,18,26H,13-16H2,1-6H3,(H,25,31). The molecule has 1 fully saturated rings. The molecular weight excluding hydrogens is 410 g/mol. The number of methoxy groups -OCH3 is 2. The third kappa shape index (κ3) is 6.14. The minimum Gasteiger partial charge on any atom is -0.493 e. The van der Waals surface area contributed by atoms with Gasteiger partial charge in [-0.1, -0.05) is 12.1 Å². The molecule has 3 rings (SSSR count). The number of thiocarbonyl (C=S) groups is 1. The number of benzene rings is 1. The van der Waals surface area contributed by atoms with Crippen molar-refractivity contribution in [3.05, 3.63) is 47.9 Å². The molecule has 1 aliphatic rings. The summed E-state index contributed by atoms with van der Waals surface area (Å²) in [5, 5.41) is 8.07. The van der Waals surface area contributed by atoms with Crippen molar-refractivity contribution in [1.29, 1.82) is 0 Å². The zero-order valence-electron chi connectivity index (χ0n) is 19.5. The van der Waals surface area contributed by atoms with E-state index in [0.717, 1.165) is 29.9 Å². The van der Waals surface area contributed by atoms with Gasteiger partial charge in [0.1, 0.15) is 5.76 Å². The fourth-order valence-corrected chi connectivity index (χ4v) is 5.06. The van der Waals surface area contributed by atoms with Crippen LogP contribution in [0.5, 0.6) is 11.5 Å². The first-order valence-electron chi connectivity index (χ1n) is 10.7. The van der Waals surface area contributed by atoms with Crippen LogP contribution in [-0.4, -0.2) is 41.4 Å². The van der Waals surface area contributed by atoms with E-state index in [9.17, 15) is 0 Å². The topological polar surface area (TPSA) is 58.9 Å². The number of furan rings is 1. The fraction of sp³-hybridized carbons (Fsp3) is 0.542. The highest BCUT2D eigenvalue weighted by molar-refractivity contribution is 7.80. The third-order valence-corrected chi connectivity index (χ3v) is 5.95. The van der Waals surface area contributed by atoms with Crippen LogP contribution in [0.25, 0.3) is 0 Å². The second-order valence-electron chi connectivity index (χ2n) is 9.54. The molecule has 0 saturated carbocycles. The average Bonchev–Trinajstić information content (AvgIpc) is 3.17. The minimum atomic E-state index is 0.0386. The van der Waals surface area contributed by atoms with Crippen molar-refractivity contribution < 1.29 is 13.9 Å². The number of rotatable bonds is 7. The van der Waals surface area contributed by atoms with Crippen molar-refractivity contribution in [3.63, 3.8) is 0 Å². The van der Waals surface area contributed by atoms with E-state index in [1.165, 1.54) is 0 Å². The van der Waals surface area contributed by atoms with Crippen LogP contribution in [0.2, 0.25) is 0 Å². The van der Waals surface area contributed by atoms with Gasteiger partial charge in [-0.25, -0.2) is 0 Å². The molecule has 0 atom stereocenters. The van der Waals surface area contributed by atoms with Crippen LogP contribution in [0.4, 0.5) is 0 Å². The summed E-state index contributed by atoms with van der Waals surface area (Å²) < 4.78 is 16.7. The van der Waals surface area contributed by atoms with Gasteiger partial charge in [0.25, 0.3) is 0 Å². The van der Waals surface area contributed by atoms with Crippen LogP contribution >= 0.6 is 12.2 Å². The van der Waals surface area contributed by atoms with E-state index < -0.39 is 0 Å². The molecule has 1 aromatic carbocycles. The maximum Gasteiger partial charge on any atom is 0.169 e. The highest BCUT2D eigenvalue weighted by Gasteiger charge is 2.38. The molecule has 0 spiro atoms. The van der Waals surface area contributed by atoms with Crippen LogP contribution in [0.1, 0.15) is 51.9 Å². The molecule has 6 nitrogen and oxygen atoms in total. The van der Waals surface area contributed by atoms with E-state index in [1.807, 2.05) is 30.3 Å². The molecule has 0 radical (unpaired) electrons. The number of hydrogen-bond acceptors (Lipinski definition) is 5. The summed E-state index contributed by atoms with van der Waals surface area (Å²) in [7, 11) is 3.31. The first-order chi connectivity index (χ1) is 14.6. The van der Waals surface area contributed by atoms with Gasteiger partial charge in [-0.3, -0.25) is 0 Å². The second kappa shape index (κ2) is 9.49. The molecule has 170 valence electrons. The van der Waals surface area contributed by atoms with Gasteiger partial charge in [-0.15, -0.1) is 0 Å². The summed E-state index contributed by atoms with van der Waals surface area (Å²) in [4.78, 5) is 2.12. The number of nitrogens with zero attached hydrogens (tertiary/aromatic N) is 1. The van der Waals surface area contributed by atoms with Crippen LogP contribution in [0.3, 0.4) is 0 Å². The Kier molecular flexibility index (Phi) is 7.17. The Morgan fingerprint density at radius 3 is 2.39 bits per heavy atom. The predicted molar refractivity (Wildman–Crippen MR) is 128 cm³/mol. The molecular formula is C24H35N3O3S. The van der Waals surface area contributed by atoms with Gasteiger partial charge in [0.05, 0.1) is 27.0 Å². The number of para-hydroxylation sites is 1. The van der Waals surface area contributed by atoms with Crippen molar-refractivity contribution in [1.82, 2.24) is 15.5 Å². The van der Waals surface area contributed by atoms with Crippen LogP contribution in [-0.2, 0) is 13.1 Å². The normalized spacial score (nSPS) is 17.7. The van der Waals surface area contributed by atoms with Gasteiger partial charge in [0, 0.05) is 29.2 Å². The van der Waals surface area contributed by atoms with E-state index in [-0.39, 0.29) is 17.1 Å². The summed E-state index contributed by atoms with van der Waals surface area (Å²) in [5.41, 5.74) is 1.08. The third-order valence-electron chi connectivity index (χ3n) is 5.58. The molecule has 31 heavy (non-hydrogen) atoms. The SMILES string of the molecule is COc1cccc(CN(Cc2ccco2)C(=S)NC2CC(C)(C)NC(C)(C)C2)c1OC. The summed E-state index contributed by atoms with van der Waals surface area (Å²) in [6.07, 6.45) is 3.68. The zero-order valence-corrected chi connectivity index (χ0v) is 20.3. The highest BCUT2D eigenvalue weighted by Crippen LogP contribution is 2.32. The number of nitrogens with one attached hydrogen (secondary N) is 2. The Labute approximate surface area is 191 Å². The van der Waals surface area contributed by atoms with Gasteiger partial charge in [0.15, 0.2) is 16.6 Å². The summed E-state index contributed by atoms with van der Waals surface area (Å²) in [6, 6.07) is 10.1. The van der Waals surface area contributed by atoms with Gasteiger partial charge >= 0.3 is 0 Å². The summed E-state index contributed by atoms with van der Waals surface area (Å²) >= 11 is 5.90. The van der Waals surface area contributed by atoms with E-state index in [1.54, 1.807) is 20.5 Å². The molecule has 0 amide bonds. The smallest absolute Gasteiger partial charge is 0.169 e. The largest absolute Gasteiger partial charge is 0.493 e. The number of hydrogen-bond donors (Lipinski definition) is 2.